The van der Waals surface area contributed by atoms with Gasteiger partial charge in [-0.15, -0.1) is 0 Å². The van der Waals surface area contributed by atoms with Crippen LogP contribution in [0.4, 0.5) is 5.82 Å². The third kappa shape index (κ3) is 2.60. The summed E-state index contributed by atoms with van der Waals surface area (Å²) in [6.07, 6.45) is 5.53. The Labute approximate surface area is 124 Å². The Morgan fingerprint density at radius 2 is 1.90 bits per heavy atom. The van der Waals surface area contributed by atoms with E-state index < -0.39 is 10.0 Å². The van der Waals surface area contributed by atoms with Gasteiger partial charge in [0.15, 0.2) is 0 Å². The lowest BCUT2D eigenvalue weighted by Crippen LogP contribution is -2.50. The number of aromatic nitrogens is 3. The molecule has 3 heterocycles. The summed E-state index contributed by atoms with van der Waals surface area (Å²) in [5.74, 6) is 1.50. The van der Waals surface area contributed by atoms with Crippen molar-refractivity contribution in [3.63, 3.8) is 0 Å². The maximum absolute atomic E-state index is 12.1. The zero-order valence-electron chi connectivity index (χ0n) is 12.2. The molecule has 8 heteroatoms. The second-order valence-corrected chi connectivity index (χ2v) is 7.90. The summed E-state index contributed by atoms with van der Waals surface area (Å²) in [6.45, 7) is 5.74. The van der Waals surface area contributed by atoms with Gasteiger partial charge >= 0.3 is 0 Å². The summed E-state index contributed by atoms with van der Waals surface area (Å²) in [6, 6.07) is 1.85. The summed E-state index contributed by atoms with van der Waals surface area (Å²) in [4.78, 5) is 10.8. The molecule has 0 aliphatic carbocycles. The van der Waals surface area contributed by atoms with E-state index in [9.17, 15) is 8.42 Å². The topological polar surface area (TPSA) is 70.8 Å². The van der Waals surface area contributed by atoms with Gasteiger partial charge in [0.05, 0.1) is 11.4 Å². The van der Waals surface area contributed by atoms with Crippen LogP contribution in [0.1, 0.15) is 13.8 Å². The van der Waals surface area contributed by atoms with E-state index >= 15 is 0 Å². The molecule has 0 amide bonds. The van der Waals surface area contributed by atoms with Gasteiger partial charge in [-0.3, -0.25) is 4.40 Å². The normalized spacial score (nSPS) is 17.8. The van der Waals surface area contributed by atoms with Crippen LogP contribution in [0.3, 0.4) is 0 Å². The summed E-state index contributed by atoms with van der Waals surface area (Å²) >= 11 is 0. The highest BCUT2D eigenvalue weighted by Crippen LogP contribution is 2.18. The van der Waals surface area contributed by atoms with Crippen LogP contribution in [0.25, 0.3) is 5.78 Å². The van der Waals surface area contributed by atoms with Gasteiger partial charge in [0.1, 0.15) is 5.82 Å². The van der Waals surface area contributed by atoms with Crippen LogP contribution >= 0.6 is 0 Å². The highest BCUT2D eigenvalue weighted by Gasteiger charge is 2.29. The molecule has 0 atom stereocenters. The van der Waals surface area contributed by atoms with Gasteiger partial charge in [0.2, 0.25) is 15.8 Å². The first-order chi connectivity index (χ1) is 9.98. The molecule has 0 N–H and O–H groups in total. The molecular formula is C13H19N5O2S. The predicted molar refractivity (Wildman–Crippen MR) is 80.8 cm³/mol. The second-order valence-electron chi connectivity index (χ2n) is 5.41. The highest BCUT2D eigenvalue weighted by atomic mass is 32.2. The van der Waals surface area contributed by atoms with E-state index in [1.165, 1.54) is 0 Å². The van der Waals surface area contributed by atoms with E-state index in [0.717, 1.165) is 5.82 Å². The molecule has 1 saturated heterocycles. The lowest BCUT2D eigenvalue weighted by molar-refractivity contribution is 0.380. The van der Waals surface area contributed by atoms with Gasteiger partial charge in [0.25, 0.3) is 0 Å². The molecule has 3 rings (SSSR count). The minimum absolute atomic E-state index is 0.372. The second kappa shape index (κ2) is 5.27. The Bertz CT molecular complexity index is 699. The highest BCUT2D eigenvalue weighted by molar-refractivity contribution is 7.89. The molecule has 0 spiro atoms. The van der Waals surface area contributed by atoms with Gasteiger partial charge in [0, 0.05) is 38.6 Å². The van der Waals surface area contributed by atoms with Crippen LogP contribution in [0.15, 0.2) is 24.7 Å². The number of hydrogen-bond donors (Lipinski definition) is 0. The van der Waals surface area contributed by atoms with Crippen molar-refractivity contribution in [2.24, 2.45) is 0 Å². The number of hydrogen-bond acceptors (Lipinski definition) is 5. The number of fused-ring (bicyclic) bond motifs is 1. The molecule has 0 bridgehead atoms. The number of nitrogens with zero attached hydrogens (tertiary/aromatic N) is 5. The molecule has 1 fully saturated rings. The van der Waals surface area contributed by atoms with Gasteiger partial charge in [-0.1, -0.05) is 0 Å². The minimum atomic E-state index is -3.16. The quantitative estimate of drug-likeness (QED) is 0.830. The van der Waals surface area contributed by atoms with E-state index in [2.05, 4.69) is 14.9 Å². The van der Waals surface area contributed by atoms with Gasteiger partial charge < -0.3 is 4.90 Å². The van der Waals surface area contributed by atoms with Crippen molar-refractivity contribution in [3.05, 3.63) is 24.7 Å². The standard InChI is InChI=1S/C13H19N5O2S/c1-11(2)21(19,20)18-8-6-16(7-9-18)12-10-17-5-3-4-14-13(17)15-12/h3-5,10-11H,6-9H2,1-2H3. The maximum atomic E-state index is 12.1. The molecule has 0 saturated carbocycles. The maximum Gasteiger partial charge on any atom is 0.235 e. The third-order valence-corrected chi connectivity index (χ3v) is 6.02. The van der Waals surface area contributed by atoms with Gasteiger partial charge in [-0.05, 0) is 19.9 Å². The zero-order valence-corrected chi connectivity index (χ0v) is 13.0. The first kappa shape index (κ1) is 14.3. The van der Waals surface area contributed by atoms with Crippen molar-refractivity contribution >= 4 is 21.6 Å². The molecular weight excluding hydrogens is 290 g/mol. The molecule has 114 valence electrons. The number of sulfonamides is 1. The number of imidazole rings is 1. The van der Waals surface area contributed by atoms with Gasteiger partial charge in [-0.2, -0.15) is 9.29 Å². The number of anilines is 1. The molecule has 21 heavy (non-hydrogen) atoms. The van der Waals surface area contributed by atoms with Crippen molar-refractivity contribution < 1.29 is 8.42 Å². The molecule has 7 nitrogen and oxygen atoms in total. The van der Waals surface area contributed by atoms with Crippen LogP contribution in [0.5, 0.6) is 0 Å². The average Bonchev–Trinajstić information content (AvgIpc) is 2.91. The molecule has 0 radical (unpaired) electrons. The van der Waals surface area contributed by atoms with E-state index in [0.29, 0.717) is 32.0 Å². The summed E-state index contributed by atoms with van der Waals surface area (Å²) in [5.41, 5.74) is 0. The van der Waals surface area contributed by atoms with Crippen molar-refractivity contribution in [3.8, 4) is 0 Å². The third-order valence-electron chi connectivity index (χ3n) is 3.74. The Morgan fingerprint density at radius 1 is 1.19 bits per heavy atom. The number of piperazine rings is 1. The first-order valence-electron chi connectivity index (χ1n) is 7.02. The smallest absolute Gasteiger partial charge is 0.235 e. The van der Waals surface area contributed by atoms with E-state index in [-0.39, 0.29) is 5.25 Å². The Balaban J connectivity index is 1.74. The van der Waals surface area contributed by atoms with E-state index in [1.807, 2.05) is 22.9 Å². The largest absolute Gasteiger partial charge is 0.353 e. The molecule has 0 unspecified atom stereocenters. The molecule has 2 aromatic rings. The fourth-order valence-corrected chi connectivity index (χ4v) is 3.71. The molecule has 1 aliphatic heterocycles. The zero-order chi connectivity index (χ0) is 15.0. The fraction of sp³-hybridized carbons (Fsp3) is 0.538. The van der Waals surface area contributed by atoms with Crippen LogP contribution in [-0.4, -0.2) is 58.5 Å². The van der Waals surface area contributed by atoms with Crippen molar-refractivity contribution in [1.82, 2.24) is 18.7 Å². The summed E-state index contributed by atoms with van der Waals surface area (Å²) in [7, 11) is -3.16. The Kier molecular flexibility index (Phi) is 3.58. The fourth-order valence-electron chi connectivity index (χ4n) is 2.44. The Morgan fingerprint density at radius 3 is 2.52 bits per heavy atom. The van der Waals surface area contributed by atoms with Crippen LogP contribution in [-0.2, 0) is 10.0 Å². The number of rotatable bonds is 3. The summed E-state index contributed by atoms with van der Waals surface area (Å²) < 4.78 is 27.7. The van der Waals surface area contributed by atoms with Gasteiger partial charge in [-0.25, -0.2) is 13.4 Å². The molecule has 1 aliphatic rings. The first-order valence-corrected chi connectivity index (χ1v) is 8.52. The minimum Gasteiger partial charge on any atom is -0.353 e. The molecule has 0 aromatic carbocycles. The van der Waals surface area contributed by atoms with E-state index in [4.69, 9.17) is 0 Å². The average molecular weight is 309 g/mol. The monoisotopic (exact) mass is 309 g/mol. The van der Waals surface area contributed by atoms with Crippen LogP contribution in [0, 0.1) is 0 Å². The Hall–Kier alpha value is -1.67. The van der Waals surface area contributed by atoms with Crippen molar-refractivity contribution in [1.29, 1.82) is 0 Å². The lowest BCUT2D eigenvalue weighted by atomic mass is 10.4. The van der Waals surface area contributed by atoms with Crippen LogP contribution < -0.4 is 4.90 Å². The van der Waals surface area contributed by atoms with E-state index in [1.54, 1.807) is 24.3 Å². The van der Waals surface area contributed by atoms with Crippen molar-refractivity contribution in [2.45, 2.75) is 19.1 Å². The van der Waals surface area contributed by atoms with Crippen LogP contribution in [0.2, 0.25) is 0 Å². The lowest BCUT2D eigenvalue weighted by Gasteiger charge is -2.34. The van der Waals surface area contributed by atoms with Crippen molar-refractivity contribution in [2.75, 3.05) is 31.1 Å². The predicted octanol–water partition coefficient (Wildman–Crippen LogP) is 0.589. The SMILES string of the molecule is CC(C)S(=O)(=O)N1CCN(c2cn3cccnc3n2)CC1. The molecule has 2 aromatic heterocycles. The summed E-state index contributed by atoms with van der Waals surface area (Å²) in [5, 5.41) is -0.372.